The van der Waals surface area contributed by atoms with Gasteiger partial charge in [-0.1, -0.05) is 22.0 Å². The maximum Gasteiger partial charge on any atom is 0.234 e. The number of hydrogen-bond acceptors (Lipinski definition) is 1. The maximum absolute atomic E-state index is 11.6. The number of benzene rings is 1. The average molecular weight is 254 g/mol. The molecule has 3 heteroatoms. The Kier molecular flexibility index (Phi) is 1.96. The largest absolute Gasteiger partial charge is 0.325 e. The molecule has 0 atom stereocenters. The van der Waals surface area contributed by atoms with Crippen LogP contribution in [0.5, 0.6) is 0 Å². The SMILES string of the molecule is Cc1cc2c(cc1Br)NC(=O)C2(C)C. The Hall–Kier alpha value is -0.830. The van der Waals surface area contributed by atoms with Crippen LogP contribution >= 0.6 is 15.9 Å². The molecule has 1 aromatic rings. The highest BCUT2D eigenvalue weighted by atomic mass is 79.9. The van der Waals surface area contributed by atoms with Gasteiger partial charge in [-0.2, -0.15) is 0 Å². The predicted molar refractivity (Wildman–Crippen MR) is 60.5 cm³/mol. The fraction of sp³-hybridized carbons (Fsp3) is 0.364. The third-order valence-electron chi connectivity index (χ3n) is 2.79. The van der Waals surface area contributed by atoms with Crippen molar-refractivity contribution in [2.45, 2.75) is 26.2 Å². The highest BCUT2D eigenvalue weighted by molar-refractivity contribution is 9.10. The maximum atomic E-state index is 11.6. The van der Waals surface area contributed by atoms with Crippen molar-refractivity contribution in [3.05, 3.63) is 27.7 Å². The van der Waals surface area contributed by atoms with Gasteiger partial charge in [-0.05, 0) is 38.0 Å². The van der Waals surface area contributed by atoms with Gasteiger partial charge in [0.05, 0.1) is 5.41 Å². The Balaban J connectivity index is 2.67. The lowest BCUT2D eigenvalue weighted by atomic mass is 9.85. The van der Waals surface area contributed by atoms with Crippen molar-refractivity contribution < 1.29 is 4.79 Å². The molecule has 0 saturated carbocycles. The van der Waals surface area contributed by atoms with E-state index in [1.807, 2.05) is 26.8 Å². The second kappa shape index (κ2) is 2.83. The third-order valence-corrected chi connectivity index (χ3v) is 3.64. The molecule has 1 amide bonds. The molecule has 1 N–H and O–H groups in total. The summed E-state index contributed by atoms with van der Waals surface area (Å²) in [4.78, 5) is 11.6. The molecule has 14 heavy (non-hydrogen) atoms. The summed E-state index contributed by atoms with van der Waals surface area (Å²) in [6.45, 7) is 5.92. The van der Waals surface area contributed by atoms with Crippen molar-refractivity contribution in [2.24, 2.45) is 0 Å². The monoisotopic (exact) mass is 253 g/mol. The highest BCUT2D eigenvalue weighted by Crippen LogP contribution is 2.39. The fourth-order valence-corrected chi connectivity index (χ4v) is 2.05. The summed E-state index contributed by atoms with van der Waals surface area (Å²) in [7, 11) is 0. The summed E-state index contributed by atoms with van der Waals surface area (Å²) < 4.78 is 1.04. The normalized spacial score (nSPS) is 17.9. The van der Waals surface area contributed by atoms with Crippen LogP contribution < -0.4 is 5.32 Å². The molecule has 2 nitrogen and oxygen atoms in total. The van der Waals surface area contributed by atoms with Gasteiger partial charge in [0.2, 0.25) is 5.91 Å². The van der Waals surface area contributed by atoms with Crippen LogP contribution in [0.3, 0.4) is 0 Å². The molecular formula is C11H12BrNO. The quantitative estimate of drug-likeness (QED) is 0.757. The van der Waals surface area contributed by atoms with E-state index in [1.54, 1.807) is 0 Å². The number of nitrogens with one attached hydrogen (secondary N) is 1. The molecule has 74 valence electrons. The molecule has 0 aliphatic carbocycles. The number of rotatable bonds is 0. The zero-order valence-corrected chi connectivity index (χ0v) is 10.0. The Morgan fingerprint density at radius 3 is 2.64 bits per heavy atom. The van der Waals surface area contributed by atoms with E-state index in [9.17, 15) is 4.79 Å². The lowest BCUT2D eigenvalue weighted by Crippen LogP contribution is -2.26. The first-order valence-electron chi connectivity index (χ1n) is 4.55. The fourth-order valence-electron chi connectivity index (χ4n) is 1.70. The Morgan fingerprint density at radius 2 is 2.00 bits per heavy atom. The van der Waals surface area contributed by atoms with Crippen LogP contribution in [0.25, 0.3) is 0 Å². The first-order chi connectivity index (χ1) is 6.43. The standard InChI is InChI=1S/C11H12BrNO/c1-6-4-7-9(5-8(6)12)13-10(14)11(7,2)3/h4-5H,1-3H3,(H,13,14). The number of carbonyl (C=O) groups excluding carboxylic acids is 1. The molecule has 0 radical (unpaired) electrons. The molecule has 0 aromatic heterocycles. The molecule has 0 fully saturated rings. The topological polar surface area (TPSA) is 29.1 Å². The molecular weight excluding hydrogens is 242 g/mol. The predicted octanol–water partition coefficient (Wildman–Crippen LogP) is 2.99. The van der Waals surface area contributed by atoms with Crippen LogP contribution in [0.1, 0.15) is 25.0 Å². The van der Waals surface area contributed by atoms with Gasteiger partial charge in [0, 0.05) is 10.2 Å². The summed E-state index contributed by atoms with van der Waals surface area (Å²) in [5, 5.41) is 2.89. The van der Waals surface area contributed by atoms with E-state index in [0.717, 1.165) is 21.3 Å². The Bertz CT molecular complexity index is 424. The van der Waals surface area contributed by atoms with Gasteiger partial charge < -0.3 is 5.32 Å². The number of hydrogen-bond donors (Lipinski definition) is 1. The van der Waals surface area contributed by atoms with Gasteiger partial charge in [-0.15, -0.1) is 0 Å². The van der Waals surface area contributed by atoms with Gasteiger partial charge in [-0.3, -0.25) is 4.79 Å². The molecule has 0 unspecified atom stereocenters. The van der Waals surface area contributed by atoms with Crippen LogP contribution in [0.15, 0.2) is 16.6 Å². The van der Waals surface area contributed by atoms with Crippen LogP contribution in [-0.2, 0) is 10.2 Å². The molecule has 0 bridgehead atoms. The first kappa shape index (κ1) is 9.71. The molecule has 1 aromatic carbocycles. The van der Waals surface area contributed by atoms with E-state index in [2.05, 4.69) is 27.3 Å². The van der Waals surface area contributed by atoms with Crippen LogP contribution in [0, 0.1) is 6.92 Å². The van der Waals surface area contributed by atoms with Gasteiger partial charge in [0.1, 0.15) is 0 Å². The van der Waals surface area contributed by atoms with E-state index in [-0.39, 0.29) is 5.91 Å². The van der Waals surface area contributed by atoms with Crippen molar-refractivity contribution in [2.75, 3.05) is 5.32 Å². The van der Waals surface area contributed by atoms with Crippen LogP contribution in [-0.4, -0.2) is 5.91 Å². The van der Waals surface area contributed by atoms with Crippen LogP contribution in [0.2, 0.25) is 0 Å². The number of amides is 1. The number of aryl methyl sites for hydroxylation is 1. The minimum Gasteiger partial charge on any atom is -0.325 e. The zero-order valence-electron chi connectivity index (χ0n) is 8.44. The van der Waals surface area contributed by atoms with Gasteiger partial charge >= 0.3 is 0 Å². The van der Waals surface area contributed by atoms with Crippen LogP contribution in [0.4, 0.5) is 5.69 Å². The van der Waals surface area contributed by atoms with Gasteiger partial charge in [0.25, 0.3) is 0 Å². The molecule has 2 rings (SSSR count). The Morgan fingerprint density at radius 1 is 1.36 bits per heavy atom. The molecule has 0 spiro atoms. The van der Waals surface area contributed by atoms with E-state index < -0.39 is 5.41 Å². The highest BCUT2D eigenvalue weighted by Gasteiger charge is 2.38. The molecule has 1 aliphatic rings. The second-order valence-electron chi connectivity index (χ2n) is 4.23. The second-order valence-corrected chi connectivity index (χ2v) is 5.08. The summed E-state index contributed by atoms with van der Waals surface area (Å²) in [5.74, 6) is 0.0741. The minimum atomic E-state index is -0.402. The first-order valence-corrected chi connectivity index (χ1v) is 5.34. The third kappa shape index (κ3) is 1.19. The molecule has 0 saturated heterocycles. The van der Waals surface area contributed by atoms with Gasteiger partial charge in [0.15, 0.2) is 0 Å². The average Bonchev–Trinajstić information content (AvgIpc) is 2.28. The smallest absolute Gasteiger partial charge is 0.234 e. The summed E-state index contributed by atoms with van der Waals surface area (Å²) in [6.07, 6.45) is 0. The van der Waals surface area contributed by atoms with E-state index >= 15 is 0 Å². The van der Waals surface area contributed by atoms with Crippen molar-refractivity contribution in [3.8, 4) is 0 Å². The van der Waals surface area contributed by atoms with Crippen molar-refractivity contribution in [1.29, 1.82) is 0 Å². The van der Waals surface area contributed by atoms with Gasteiger partial charge in [-0.25, -0.2) is 0 Å². The minimum absolute atomic E-state index is 0.0741. The number of anilines is 1. The van der Waals surface area contributed by atoms with E-state index in [4.69, 9.17) is 0 Å². The lowest BCUT2D eigenvalue weighted by molar-refractivity contribution is -0.119. The number of halogens is 1. The summed E-state index contributed by atoms with van der Waals surface area (Å²) >= 11 is 3.45. The van der Waals surface area contributed by atoms with Crippen molar-refractivity contribution in [1.82, 2.24) is 0 Å². The summed E-state index contributed by atoms with van der Waals surface area (Å²) in [6, 6.07) is 4.04. The Labute approximate surface area is 91.8 Å². The van der Waals surface area contributed by atoms with E-state index in [0.29, 0.717) is 0 Å². The number of fused-ring (bicyclic) bond motifs is 1. The molecule has 1 heterocycles. The lowest BCUT2D eigenvalue weighted by Gasteiger charge is -2.15. The van der Waals surface area contributed by atoms with E-state index in [1.165, 1.54) is 0 Å². The summed E-state index contributed by atoms with van der Waals surface area (Å²) in [5.41, 5.74) is 2.77. The molecule has 1 aliphatic heterocycles. The number of carbonyl (C=O) groups is 1. The zero-order chi connectivity index (χ0) is 10.5. The van der Waals surface area contributed by atoms with Crippen molar-refractivity contribution in [3.63, 3.8) is 0 Å². The van der Waals surface area contributed by atoms with Crippen molar-refractivity contribution >= 4 is 27.5 Å².